The van der Waals surface area contributed by atoms with E-state index in [0.29, 0.717) is 17.1 Å². The van der Waals surface area contributed by atoms with Crippen molar-refractivity contribution in [1.29, 1.82) is 0 Å². The Kier molecular flexibility index (Phi) is 6.59. The van der Waals surface area contributed by atoms with Gasteiger partial charge in [-0.25, -0.2) is 4.68 Å². The van der Waals surface area contributed by atoms with Gasteiger partial charge in [-0.1, -0.05) is 85.4 Å². The highest BCUT2D eigenvalue weighted by Gasteiger charge is 2.15. The van der Waals surface area contributed by atoms with Crippen LogP contribution in [0.4, 0.5) is 0 Å². The summed E-state index contributed by atoms with van der Waals surface area (Å²) in [7, 11) is 0. The van der Waals surface area contributed by atoms with E-state index in [0.717, 1.165) is 22.3 Å². The molecule has 0 unspecified atom stereocenters. The van der Waals surface area contributed by atoms with Crippen molar-refractivity contribution in [3.05, 3.63) is 89.7 Å². The molecular formula is C23H21N5OS2. The Labute approximate surface area is 190 Å². The Morgan fingerprint density at radius 1 is 1.00 bits per heavy atom. The van der Waals surface area contributed by atoms with Crippen molar-refractivity contribution in [2.24, 2.45) is 0 Å². The monoisotopic (exact) mass is 447 g/mol. The van der Waals surface area contributed by atoms with Crippen LogP contribution in [0.5, 0.6) is 0 Å². The van der Waals surface area contributed by atoms with E-state index in [1.165, 1.54) is 5.56 Å². The van der Waals surface area contributed by atoms with Crippen LogP contribution in [0.15, 0.2) is 78.0 Å². The molecule has 0 aliphatic heterocycles. The molecule has 0 spiro atoms. The first-order chi connectivity index (χ1) is 15.2. The molecule has 4 rings (SSSR count). The third-order valence-electron chi connectivity index (χ3n) is 4.70. The maximum absolute atomic E-state index is 12.9. The predicted octanol–water partition coefficient (Wildman–Crippen LogP) is 4.54. The number of aryl methyl sites for hydroxylation is 1. The Hall–Kier alpha value is -3.23. The summed E-state index contributed by atoms with van der Waals surface area (Å²) in [5.41, 5.74) is 4.82. The van der Waals surface area contributed by atoms with Gasteiger partial charge in [0, 0.05) is 17.7 Å². The molecular weight excluding hydrogens is 426 g/mol. The van der Waals surface area contributed by atoms with Crippen LogP contribution in [0.2, 0.25) is 0 Å². The fourth-order valence-electron chi connectivity index (χ4n) is 3.18. The minimum absolute atomic E-state index is 0.189. The largest absolute Gasteiger partial charge is 0.298 e. The van der Waals surface area contributed by atoms with Crippen molar-refractivity contribution in [2.75, 3.05) is 5.43 Å². The van der Waals surface area contributed by atoms with Gasteiger partial charge in [-0.2, -0.15) is 0 Å². The molecule has 0 radical (unpaired) electrons. The highest BCUT2D eigenvalue weighted by atomic mass is 32.2. The SMILES string of the molecule is CCc1nnc(SCc2ccccc2)n1NC(=S)NC(=O)c1cccc2ccccc12. The maximum Gasteiger partial charge on any atom is 0.258 e. The summed E-state index contributed by atoms with van der Waals surface area (Å²) in [6, 6.07) is 23.5. The summed E-state index contributed by atoms with van der Waals surface area (Å²) in [4.78, 5) is 12.9. The van der Waals surface area contributed by atoms with Crippen LogP contribution >= 0.6 is 24.0 Å². The van der Waals surface area contributed by atoms with Gasteiger partial charge in [-0.3, -0.25) is 15.5 Å². The first-order valence-electron chi connectivity index (χ1n) is 9.87. The van der Waals surface area contributed by atoms with E-state index in [1.807, 2.05) is 61.5 Å². The molecule has 8 heteroatoms. The van der Waals surface area contributed by atoms with Crippen molar-refractivity contribution in [3.8, 4) is 0 Å². The standard InChI is InChI=1S/C23H21N5OS2/c1-2-20-25-26-23(31-15-16-9-4-3-5-10-16)28(20)27-22(30)24-21(29)19-14-8-12-17-11-6-7-13-18(17)19/h3-14H,2,15H2,1H3,(H2,24,27,29,30). The fourth-order valence-corrected chi connectivity index (χ4v) is 4.23. The summed E-state index contributed by atoms with van der Waals surface area (Å²) >= 11 is 6.97. The second kappa shape index (κ2) is 9.72. The molecule has 31 heavy (non-hydrogen) atoms. The van der Waals surface area contributed by atoms with Crippen LogP contribution in [-0.4, -0.2) is 25.9 Å². The number of nitrogens with one attached hydrogen (secondary N) is 2. The molecule has 0 aliphatic carbocycles. The number of benzene rings is 3. The Morgan fingerprint density at radius 3 is 2.55 bits per heavy atom. The molecule has 0 bridgehead atoms. The van der Waals surface area contributed by atoms with Gasteiger partial charge in [-0.15, -0.1) is 10.2 Å². The zero-order valence-corrected chi connectivity index (χ0v) is 18.5. The zero-order valence-electron chi connectivity index (χ0n) is 16.9. The second-order valence-electron chi connectivity index (χ2n) is 6.78. The molecule has 0 atom stereocenters. The second-order valence-corrected chi connectivity index (χ2v) is 8.13. The van der Waals surface area contributed by atoms with E-state index in [1.54, 1.807) is 22.5 Å². The number of hydrogen-bond acceptors (Lipinski definition) is 5. The topological polar surface area (TPSA) is 71.8 Å². The van der Waals surface area contributed by atoms with E-state index < -0.39 is 0 Å². The lowest BCUT2D eigenvalue weighted by molar-refractivity contribution is 0.0979. The average Bonchev–Trinajstić information content (AvgIpc) is 3.19. The molecule has 156 valence electrons. The smallest absolute Gasteiger partial charge is 0.258 e. The van der Waals surface area contributed by atoms with Gasteiger partial charge < -0.3 is 0 Å². The molecule has 0 fully saturated rings. The number of rotatable bonds is 6. The normalized spacial score (nSPS) is 10.7. The van der Waals surface area contributed by atoms with Gasteiger partial charge in [-0.05, 0) is 34.6 Å². The highest BCUT2D eigenvalue weighted by Crippen LogP contribution is 2.21. The minimum atomic E-state index is -0.265. The molecule has 0 saturated heterocycles. The molecule has 1 aromatic heterocycles. The van der Waals surface area contributed by atoms with Gasteiger partial charge in [0.15, 0.2) is 10.9 Å². The van der Waals surface area contributed by atoms with E-state index in [-0.39, 0.29) is 11.0 Å². The highest BCUT2D eigenvalue weighted by molar-refractivity contribution is 7.98. The quantitative estimate of drug-likeness (QED) is 0.334. The molecule has 1 amide bonds. The van der Waals surface area contributed by atoms with Crippen molar-refractivity contribution >= 4 is 45.8 Å². The zero-order chi connectivity index (χ0) is 21.6. The molecule has 0 saturated carbocycles. The number of hydrogen-bond donors (Lipinski definition) is 2. The fraction of sp³-hybridized carbons (Fsp3) is 0.130. The van der Waals surface area contributed by atoms with Gasteiger partial charge in [0.2, 0.25) is 5.16 Å². The van der Waals surface area contributed by atoms with Crippen molar-refractivity contribution in [1.82, 2.24) is 20.2 Å². The lowest BCUT2D eigenvalue weighted by Gasteiger charge is -2.14. The number of fused-ring (bicyclic) bond motifs is 1. The summed E-state index contributed by atoms with van der Waals surface area (Å²) in [6.07, 6.45) is 0.672. The first-order valence-corrected chi connectivity index (χ1v) is 11.3. The lowest BCUT2D eigenvalue weighted by Crippen LogP contribution is -2.38. The van der Waals surface area contributed by atoms with Crippen LogP contribution < -0.4 is 10.7 Å². The number of nitrogens with zero attached hydrogens (tertiary/aromatic N) is 3. The van der Waals surface area contributed by atoms with Crippen LogP contribution in [0.25, 0.3) is 10.8 Å². The number of amides is 1. The van der Waals surface area contributed by atoms with Crippen LogP contribution in [0.3, 0.4) is 0 Å². The first kappa shape index (κ1) is 21.0. The molecule has 0 aliphatic rings. The summed E-state index contributed by atoms with van der Waals surface area (Å²) < 4.78 is 1.74. The third-order valence-corrected chi connectivity index (χ3v) is 5.90. The van der Waals surface area contributed by atoms with Crippen LogP contribution in [-0.2, 0) is 12.2 Å². The maximum atomic E-state index is 12.9. The molecule has 1 heterocycles. The summed E-state index contributed by atoms with van der Waals surface area (Å²) in [5.74, 6) is 1.22. The van der Waals surface area contributed by atoms with E-state index in [4.69, 9.17) is 12.2 Å². The Morgan fingerprint density at radius 2 is 1.74 bits per heavy atom. The third kappa shape index (κ3) is 4.92. The number of aromatic nitrogens is 3. The van der Waals surface area contributed by atoms with Crippen molar-refractivity contribution < 1.29 is 4.79 Å². The van der Waals surface area contributed by atoms with Crippen LogP contribution in [0, 0.1) is 0 Å². The van der Waals surface area contributed by atoms with Gasteiger partial charge in [0.05, 0.1) is 0 Å². The summed E-state index contributed by atoms with van der Waals surface area (Å²) in [5, 5.41) is 14.0. The van der Waals surface area contributed by atoms with Gasteiger partial charge >= 0.3 is 0 Å². The van der Waals surface area contributed by atoms with E-state index in [9.17, 15) is 4.79 Å². The van der Waals surface area contributed by atoms with Crippen molar-refractivity contribution in [2.45, 2.75) is 24.3 Å². The van der Waals surface area contributed by atoms with E-state index >= 15 is 0 Å². The Balaban J connectivity index is 1.48. The van der Waals surface area contributed by atoms with Crippen molar-refractivity contribution in [3.63, 3.8) is 0 Å². The van der Waals surface area contributed by atoms with E-state index in [2.05, 4.69) is 33.1 Å². The van der Waals surface area contributed by atoms with Crippen LogP contribution in [0.1, 0.15) is 28.7 Å². The Bertz CT molecular complexity index is 1220. The number of carbonyl (C=O) groups excluding carboxylic acids is 1. The summed E-state index contributed by atoms with van der Waals surface area (Å²) in [6.45, 7) is 1.99. The minimum Gasteiger partial charge on any atom is -0.298 e. The number of carbonyl (C=O) groups is 1. The van der Waals surface area contributed by atoms with Gasteiger partial charge in [0.1, 0.15) is 0 Å². The molecule has 6 nitrogen and oxygen atoms in total. The average molecular weight is 448 g/mol. The molecule has 4 aromatic rings. The molecule has 2 N–H and O–H groups in total. The number of thiocarbonyl (C=S) groups is 1. The lowest BCUT2D eigenvalue weighted by atomic mass is 10.0. The van der Waals surface area contributed by atoms with Gasteiger partial charge in [0.25, 0.3) is 5.91 Å². The predicted molar refractivity (Wildman–Crippen MR) is 129 cm³/mol. The number of thioether (sulfide) groups is 1. The molecule has 3 aromatic carbocycles.